The number of nitrogens with two attached hydrogens (primary N) is 1. The molecule has 0 radical (unpaired) electrons. The summed E-state index contributed by atoms with van der Waals surface area (Å²) in [6, 6.07) is 2.09. The van der Waals surface area contributed by atoms with E-state index >= 15 is 0 Å². The number of thiophene rings is 1. The molecule has 0 atom stereocenters. The standard InChI is InChI=1S/C14H22N2O2S.ClH/c1-11-3-8-19-12(11)9-16(2)13(17)14(10-15)4-6-18-7-5-14;/h3,8H,4-7,9-10,15H2,1-2H3;1H. The lowest BCUT2D eigenvalue weighted by Gasteiger charge is -2.37. The molecule has 2 N–H and O–H groups in total. The van der Waals surface area contributed by atoms with Crippen molar-refractivity contribution in [1.82, 2.24) is 4.90 Å². The molecule has 2 rings (SSSR count). The Morgan fingerprint density at radius 3 is 2.65 bits per heavy atom. The van der Waals surface area contributed by atoms with Crippen molar-refractivity contribution in [2.24, 2.45) is 11.1 Å². The second kappa shape index (κ2) is 7.41. The van der Waals surface area contributed by atoms with E-state index in [1.54, 1.807) is 11.3 Å². The van der Waals surface area contributed by atoms with Crippen LogP contribution in [0, 0.1) is 12.3 Å². The first-order valence-electron chi connectivity index (χ1n) is 6.65. The molecule has 0 aromatic carbocycles. The summed E-state index contributed by atoms with van der Waals surface area (Å²) in [5, 5.41) is 2.07. The van der Waals surface area contributed by atoms with Crippen molar-refractivity contribution >= 4 is 29.7 Å². The van der Waals surface area contributed by atoms with Crippen molar-refractivity contribution in [2.75, 3.05) is 26.8 Å². The van der Waals surface area contributed by atoms with Gasteiger partial charge >= 0.3 is 0 Å². The highest BCUT2D eigenvalue weighted by atomic mass is 35.5. The molecule has 0 spiro atoms. The highest BCUT2D eigenvalue weighted by Crippen LogP contribution is 2.32. The van der Waals surface area contributed by atoms with E-state index in [2.05, 4.69) is 18.4 Å². The minimum atomic E-state index is -0.418. The van der Waals surface area contributed by atoms with Crippen LogP contribution in [0.4, 0.5) is 0 Å². The molecule has 114 valence electrons. The van der Waals surface area contributed by atoms with Gasteiger partial charge in [0, 0.05) is 31.7 Å². The fraction of sp³-hybridized carbons (Fsp3) is 0.643. The first kappa shape index (κ1) is 17.4. The number of ether oxygens (including phenoxy) is 1. The Kier molecular flexibility index (Phi) is 6.45. The zero-order valence-corrected chi connectivity index (χ0v) is 13.7. The number of hydrogen-bond acceptors (Lipinski definition) is 4. The lowest BCUT2D eigenvalue weighted by molar-refractivity contribution is -0.146. The number of amides is 1. The van der Waals surface area contributed by atoms with Crippen molar-refractivity contribution in [2.45, 2.75) is 26.3 Å². The van der Waals surface area contributed by atoms with E-state index in [4.69, 9.17) is 10.5 Å². The molecule has 1 fully saturated rings. The van der Waals surface area contributed by atoms with Crippen LogP contribution in [0.2, 0.25) is 0 Å². The van der Waals surface area contributed by atoms with E-state index < -0.39 is 5.41 Å². The highest BCUT2D eigenvalue weighted by molar-refractivity contribution is 7.10. The molecule has 1 aromatic rings. The summed E-state index contributed by atoms with van der Waals surface area (Å²) in [7, 11) is 1.87. The molecule has 1 aliphatic rings. The van der Waals surface area contributed by atoms with E-state index in [0.29, 0.717) is 26.3 Å². The van der Waals surface area contributed by atoms with Crippen LogP contribution >= 0.6 is 23.7 Å². The third-order valence-corrected chi connectivity index (χ3v) is 5.00. The van der Waals surface area contributed by atoms with E-state index in [1.165, 1.54) is 10.4 Å². The average molecular weight is 319 g/mol. The van der Waals surface area contributed by atoms with Gasteiger partial charge in [-0.05, 0) is 36.8 Å². The molecule has 6 heteroatoms. The smallest absolute Gasteiger partial charge is 0.230 e. The van der Waals surface area contributed by atoms with Crippen LogP contribution in [0.3, 0.4) is 0 Å². The third kappa shape index (κ3) is 3.52. The maximum Gasteiger partial charge on any atom is 0.230 e. The van der Waals surface area contributed by atoms with Gasteiger partial charge in [0.1, 0.15) is 0 Å². The van der Waals surface area contributed by atoms with E-state index in [-0.39, 0.29) is 18.3 Å². The monoisotopic (exact) mass is 318 g/mol. The molecule has 20 heavy (non-hydrogen) atoms. The molecule has 0 saturated carbocycles. The van der Waals surface area contributed by atoms with Gasteiger partial charge in [0.15, 0.2) is 0 Å². The molecule has 4 nitrogen and oxygen atoms in total. The summed E-state index contributed by atoms with van der Waals surface area (Å²) < 4.78 is 5.36. The maximum atomic E-state index is 12.7. The van der Waals surface area contributed by atoms with Crippen LogP contribution < -0.4 is 5.73 Å². The van der Waals surface area contributed by atoms with Crippen LogP contribution in [0.5, 0.6) is 0 Å². The Labute approximate surface area is 130 Å². The van der Waals surface area contributed by atoms with Gasteiger partial charge in [-0.25, -0.2) is 0 Å². The van der Waals surface area contributed by atoms with Gasteiger partial charge in [0.05, 0.1) is 12.0 Å². The molecule has 0 unspecified atom stereocenters. The average Bonchev–Trinajstić information content (AvgIpc) is 2.84. The quantitative estimate of drug-likeness (QED) is 0.926. The van der Waals surface area contributed by atoms with Crippen LogP contribution in [0.1, 0.15) is 23.3 Å². The van der Waals surface area contributed by atoms with Crippen molar-refractivity contribution in [3.63, 3.8) is 0 Å². The SMILES string of the molecule is Cc1ccsc1CN(C)C(=O)C1(CN)CCOCC1.Cl. The lowest BCUT2D eigenvalue weighted by Crippen LogP contribution is -2.49. The number of nitrogens with zero attached hydrogens (tertiary/aromatic N) is 1. The zero-order valence-electron chi connectivity index (χ0n) is 12.1. The van der Waals surface area contributed by atoms with Gasteiger partial charge < -0.3 is 15.4 Å². The number of carbonyl (C=O) groups is 1. The first-order chi connectivity index (χ1) is 9.09. The minimum Gasteiger partial charge on any atom is -0.381 e. The van der Waals surface area contributed by atoms with Gasteiger partial charge in [-0.3, -0.25) is 4.79 Å². The first-order valence-corrected chi connectivity index (χ1v) is 7.53. The molecular weight excluding hydrogens is 296 g/mol. The van der Waals surface area contributed by atoms with Crippen LogP contribution in [-0.4, -0.2) is 37.6 Å². The van der Waals surface area contributed by atoms with Gasteiger partial charge in [0.25, 0.3) is 0 Å². The normalized spacial score (nSPS) is 17.4. The number of rotatable bonds is 4. The summed E-state index contributed by atoms with van der Waals surface area (Å²) in [4.78, 5) is 15.7. The van der Waals surface area contributed by atoms with Crippen LogP contribution in [0.25, 0.3) is 0 Å². The molecule has 1 aromatic heterocycles. The Balaban J connectivity index is 0.00000200. The van der Waals surface area contributed by atoms with Crippen molar-refractivity contribution in [3.05, 3.63) is 21.9 Å². The molecule has 0 bridgehead atoms. The molecule has 0 aliphatic carbocycles. The Hall–Kier alpha value is -0.620. The Morgan fingerprint density at radius 2 is 2.15 bits per heavy atom. The molecule has 2 heterocycles. The second-order valence-corrected chi connectivity index (χ2v) is 6.29. The summed E-state index contributed by atoms with van der Waals surface area (Å²) in [6.45, 7) is 4.43. The van der Waals surface area contributed by atoms with E-state index in [0.717, 1.165) is 12.8 Å². The van der Waals surface area contributed by atoms with Gasteiger partial charge in [-0.15, -0.1) is 23.7 Å². The second-order valence-electron chi connectivity index (χ2n) is 5.28. The van der Waals surface area contributed by atoms with Gasteiger partial charge in [0.2, 0.25) is 5.91 Å². The topological polar surface area (TPSA) is 55.6 Å². The Bertz CT molecular complexity index is 444. The van der Waals surface area contributed by atoms with Crippen LogP contribution in [-0.2, 0) is 16.1 Å². The van der Waals surface area contributed by atoms with E-state index in [1.807, 2.05) is 11.9 Å². The fourth-order valence-corrected chi connectivity index (χ4v) is 3.48. The zero-order chi connectivity index (χ0) is 13.9. The predicted octanol–water partition coefficient (Wildman–Crippen LogP) is 2.19. The molecule has 1 amide bonds. The van der Waals surface area contributed by atoms with Crippen molar-refractivity contribution in [1.29, 1.82) is 0 Å². The molecule has 1 saturated heterocycles. The molecule has 1 aliphatic heterocycles. The number of halogens is 1. The summed E-state index contributed by atoms with van der Waals surface area (Å²) in [6.07, 6.45) is 1.46. The molecular formula is C14H23ClN2O2S. The summed E-state index contributed by atoms with van der Waals surface area (Å²) in [5.41, 5.74) is 6.71. The fourth-order valence-electron chi connectivity index (χ4n) is 2.53. The van der Waals surface area contributed by atoms with Crippen molar-refractivity contribution < 1.29 is 9.53 Å². The summed E-state index contributed by atoms with van der Waals surface area (Å²) >= 11 is 1.70. The number of aryl methyl sites for hydroxylation is 1. The largest absolute Gasteiger partial charge is 0.381 e. The maximum absolute atomic E-state index is 12.7. The third-order valence-electron chi connectivity index (χ3n) is 3.99. The highest BCUT2D eigenvalue weighted by Gasteiger charge is 2.40. The number of carbonyl (C=O) groups excluding carboxylic acids is 1. The lowest BCUT2D eigenvalue weighted by atomic mass is 9.79. The minimum absolute atomic E-state index is 0. The van der Waals surface area contributed by atoms with Gasteiger partial charge in [-0.1, -0.05) is 0 Å². The van der Waals surface area contributed by atoms with Gasteiger partial charge in [-0.2, -0.15) is 0 Å². The van der Waals surface area contributed by atoms with E-state index in [9.17, 15) is 4.79 Å². The predicted molar refractivity (Wildman–Crippen MR) is 84.3 cm³/mol. The number of hydrogen-bond donors (Lipinski definition) is 1. The summed E-state index contributed by atoms with van der Waals surface area (Å²) in [5.74, 6) is 0.158. The van der Waals surface area contributed by atoms with Crippen LogP contribution in [0.15, 0.2) is 11.4 Å². The Morgan fingerprint density at radius 1 is 1.50 bits per heavy atom. The van der Waals surface area contributed by atoms with Crippen molar-refractivity contribution in [3.8, 4) is 0 Å².